The number of rotatable bonds is 6. The Morgan fingerprint density at radius 3 is 2.86 bits per heavy atom. The summed E-state index contributed by atoms with van der Waals surface area (Å²) in [6.45, 7) is 8.30. The van der Waals surface area contributed by atoms with Crippen LogP contribution in [-0.4, -0.2) is 62.6 Å². The van der Waals surface area contributed by atoms with Gasteiger partial charge in [0.15, 0.2) is 0 Å². The predicted molar refractivity (Wildman–Crippen MR) is 108 cm³/mol. The lowest BCUT2D eigenvalue weighted by atomic mass is 9.78. The van der Waals surface area contributed by atoms with E-state index in [4.69, 9.17) is 0 Å². The number of hydrogen-bond donors (Lipinski definition) is 2. The lowest BCUT2D eigenvalue weighted by Gasteiger charge is -2.37. The van der Waals surface area contributed by atoms with E-state index in [-0.39, 0.29) is 17.4 Å². The highest BCUT2D eigenvalue weighted by molar-refractivity contribution is 5.82. The van der Waals surface area contributed by atoms with Gasteiger partial charge in [0, 0.05) is 30.9 Å². The van der Waals surface area contributed by atoms with E-state index in [0.29, 0.717) is 17.7 Å². The van der Waals surface area contributed by atoms with Crippen molar-refractivity contribution in [2.75, 3.05) is 25.5 Å². The van der Waals surface area contributed by atoms with Crippen LogP contribution in [0.4, 0.5) is 5.82 Å². The van der Waals surface area contributed by atoms with Gasteiger partial charge in [-0.05, 0) is 51.0 Å². The summed E-state index contributed by atoms with van der Waals surface area (Å²) in [5.41, 5.74) is 1.15. The van der Waals surface area contributed by atoms with Crippen molar-refractivity contribution in [3.05, 3.63) is 18.1 Å². The summed E-state index contributed by atoms with van der Waals surface area (Å²) in [7, 11) is 2.06. The molecule has 8 nitrogen and oxygen atoms in total. The lowest BCUT2D eigenvalue weighted by Crippen LogP contribution is -2.50. The van der Waals surface area contributed by atoms with Crippen LogP contribution in [0.1, 0.15) is 45.2 Å². The van der Waals surface area contributed by atoms with Crippen LogP contribution in [0.3, 0.4) is 0 Å². The van der Waals surface area contributed by atoms with E-state index in [0.717, 1.165) is 50.3 Å². The Morgan fingerprint density at radius 1 is 1.36 bits per heavy atom. The van der Waals surface area contributed by atoms with Gasteiger partial charge >= 0.3 is 0 Å². The Hall–Kier alpha value is -2.22. The number of aromatic nitrogens is 4. The molecule has 2 aromatic rings. The van der Waals surface area contributed by atoms with Crippen LogP contribution < -0.4 is 10.6 Å². The van der Waals surface area contributed by atoms with Crippen molar-refractivity contribution in [3.63, 3.8) is 0 Å². The summed E-state index contributed by atoms with van der Waals surface area (Å²) in [5.74, 6) is 2.41. The second-order valence-electron chi connectivity index (χ2n) is 9.31. The van der Waals surface area contributed by atoms with E-state index in [1.54, 1.807) is 4.52 Å². The number of anilines is 1. The van der Waals surface area contributed by atoms with Crippen molar-refractivity contribution in [1.29, 1.82) is 0 Å². The molecule has 2 fully saturated rings. The highest BCUT2D eigenvalue weighted by atomic mass is 16.2. The maximum Gasteiger partial charge on any atom is 0.254 e. The number of nitrogens with one attached hydrogen (secondary N) is 2. The van der Waals surface area contributed by atoms with Gasteiger partial charge in [-0.1, -0.05) is 13.8 Å². The summed E-state index contributed by atoms with van der Waals surface area (Å²) in [6.07, 6.45) is 5.69. The fourth-order valence-corrected chi connectivity index (χ4v) is 4.67. The zero-order valence-corrected chi connectivity index (χ0v) is 17.3. The second-order valence-corrected chi connectivity index (χ2v) is 9.31. The van der Waals surface area contributed by atoms with Crippen molar-refractivity contribution in [1.82, 2.24) is 29.8 Å². The number of likely N-dealkylation sites (tertiary alicyclic amines) is 1. The van der Waals surface area contributed by atoms with Crippen LogP contribution in [0.15, 0.2) is 12.4 Å². The molecule has 2 N–H and O–H groups in total. The summed E-state index contributed by atoms with van der Waals surface area (Å²) >= 11 is 0. The van der Waals surface area contributed by atoms with E-state index in [1.165, 1.54) is 6.33 Å². The number of carbonyl (C=O) groups excluding carboxylic acids is 1. The van der Waals surface area contributed by atoms with Crippen LogP contribution in [0.5, 0.6) is 0 Å². The van der Waals surface area contributed by atoms with Gasteiger partial charge in [-0.15, -0.1) is 0 Å². The lowest BCUT2D eigenvalue weighted by molar-refractivity contribution is -0.126. The maximum absolute atomic E-state index is 12.6. The van der Waals surface area contributed by atoms with Gasteiger partial charge < -0.3 is 10.6 Å². The smallest absolute Gasteiger partial charge is 0.254 e. The third-order valence-electron chi connectivity index (χ3n) is 6.08. The first kappa shape index (κ1) is 19.1. The Morgan fingerprint density at radius 2 is 2.14 bits per heavy atom. The minimum atomic E-state index is 0.0238. The molecule has 1 saturated carbocycles. The van der Waals surface area contributed by atoms with Crippen LogP contribution in [0, 0.1) is 18.3 Å². The third-order valence-corrected chi connectivity index (χ3v) is 6.08. The van der Waals surface area contributed by atoms with Gasteiger partial charge in [-0.3, -0.25) is 9.69 Å². The van der Waals surface area contributed by atoms with Crippen LogP contribution in [0.2, 0.25) is 0 Å². The summed E-state index contributed by atoms with van der Waals surface area (Å²) in [4.78, 5) is 23.3. The molecule has 28 heavy (non-hydrogen) atoms. The summed E-state index contributed by atoms with van der Waals surface area (Å²) in [6, 6.07) is 2.35. The topological polar surface area (TPSA) is 87.5 Å². The number of aryl methyl sites for hydroxylation is 1. The van der Waals surface area contributed by atoms with E-state index < -0.39 is 0 Å². The van der Waals surface area contributed by atoms with Gasteiger partial charge in [0.25, 0.3) is 5.78 Å². The van der Waals surface area contributed by atoms with E-state index >= 15 is 0 Å². The molecule has 1 atom stereocenters. The van der Waals surface area contributed by atoms with Gasteiger partial charge in [-0.2, -0.15) is 14.6 Å². The molecule has 152 valence electrons. The Labute approximate surface area is 166 Å². The molecule has 1 saturated heterocycles. The largest absolute Gasteiger partial charge is 0.370 e. The standard InChI is InChI=1S/C20H31N7O/c1-13-7-17(27-19(24-13)22-12-23-27)21-6-5-14-8-15(9-14)25-18(28)16-10-20(2,3)11-26(16)4/h7,12,14-16,21H,5-6,8-11H2,1-4H3,(H,25,28). The van der Waals surface area contributed by atoms with E-state index in [2.05, 4.69) is 51.5 Å². The molecule has 0 aromatic carbocycles. The highest BCUT2D eigenvalue weighted by Gasteiger charge is 2.40. The molecule has 3 heterocycles. The number of fused-ring (bicyclic) bond motifs is 1. The molecule has 2 aliphatic rings. The SMILES string of the molecule is Cc1cc(NCCC2CC(NC(=O)C3CC(C)(C)CN3C)C2)n2ncnc2n1. The zero-order valence-electron chi connectivity index (χ0n) is 17.3. The molecule has 1 amide bonds. The highest BCUT2D eigenvalue weighted by Crippen LogP contribution is 2.34. The maximum atomic E-state index is 12.6. The quantitative estimate of drug-likeness (QED) is 0.789. The zero-order chi connectivity index (χ0) is 19.9. The average molecular weight is 386 g/mol. The first-order chi connectivity index (χ1) is 13.3. The fourth-order valence-electron chi connectivity index (χ4n) is 4.67. The number of likely N-dealkylation sites (N-methyl/N-ethyl adjacent to an activating group) is 1. The van der Waals surface area contributed by atoms with E-state index in [1.807, 2.05) is 13.0 Å². The molecular formula is C20H31N7O. The minimum Gasteiger partial charge on any atom is -0.370 e. The summed E-state index contributed by atoms with van der Waals surface area (Å²) in [5, 5.41) is 10.9. The predicted octanol–water partition coefficient (Wildman–Crippen LogP) is 1.86. The Kier molecular flexibility index (Phi) is 4.99. The van der Waals surface area contributed by atoms with Gasteiger partial charge in [-0.25, -0.2) is 4.98 Å². The molecular weight excluding hydrogens is 354 g/mol. The third kappa shape index (κ3) is 3.97. The van der Waals surface area contributed by atoms with Crippen LogP contribution >= 0.6 is 0 Å². The van der Waals surface area contributed by atoms with Crippen LogP contribution in [0.25, 0.3) is 5.78 Å². The number of amides is 1. The number of hydrogen-bond acceptors (Lipinski definition) is 6. The molecule has 0 radical (unpaired) electrons. The number of nitrogens with zero attached hydrogens (tertiary/aromatic N) is 5. The van der Waals surface area contributed by atoms with Gasteiger partial charge in [0.1, 0.15) is 12.1 Å². The van der Waals surface area contributed by atoms with Crippen molar-refractivity contribution in [2.45, 2.75) is 58.5 Å². The molecule has 1 aliphatic carbocycles. The molecule has 2 aromatic heterocycles. The molecule has 1 unspecified atom stereocenters. The molecule has 1 aliphatic heterocycles. The molecule has 8 heteroatoms. The first-order valence-electron chi connectivity index (χ1n) is 10.2. The summed E-state index contributed by atoms with van der Waals surface area (Å²) < 4.78 is 1.73. The van der Waals surface area contributed by atoms with Crippen molar-refractivity contribution in [3.8, 4) is 0 Å². The van der Waals surface area contributed by atoms with Gasteiger partial charge in [0.2, 0.25) is 5.91 Å². The normalized spacial score (nSPS) is 26.9. The molecule has 4 rings (SSSR count). The fraction of sp³-hybridized carbons (Fsp3) is 0.700. The van der Waals surface area contributed by atoms with E-state index in [9.17, 15) is 4.79 Å². The molecule has 0 spiro atoms. The van der Waals surface area contributed by atoms with Gasteiger partial charge in [0.05, 0.1) is 6.04 Å². The Balaban J connectivity index is 1.20. The Bertz CT molecular complexity index is 855. The number of carbonyl (C=O) groups is 1. The minimum absolute atomic E-state index is 0.0238. The van der Waals surface area contributed by atoms with Crippen molar-refractivity contribution >= 4 is 17.5 Å². The monoisotopic (exact) mass is 385 g/mol. The van der Waals surface area contributed by atoms with Crippen molar-refractivity contribution < 1.29 is 4.79 Å². The second kappa shape index (κ2) is 7.31. The molecule has 0 bridgehead atoms. The first-order valence-corrected chi connectivity index (χ1v) is 10.2. The van der Waals surface area contributed by atoms with Crippen molar-refractivity contribution in [2.24, 2.45) is 11.3 Å². The average Bonchev–Trinajstić information content (AvgIpc) is 3.15. The van der Waals surface area contributed by atoms with Crippen LogP contribution in [-0.2, 0) is 4.79 Å².